The van der Waals surface area contributed by atoms with Gasteiger partial charge in [-0.15, -0.1) is 23.1 Å². The molecular formula is C18H21FN2OS2. The average molecular weight is 365 g/mol. The Hall–Kier alpha value is -1.40. The van der Waals surface area contributed by atoms with Gasteiger partial charge in [0.05, 0.1) is 16.7 Å². The van der Waals surface area contributed by atoms with Crippen LogP contribution in [-0.4, -0.2) is 16.6 Å². The number of thioether (sulfide) groups is 1. The first-order chi connectivity index (χ1) is 11.5. The van der Waals surface area contributed by atoms with Gasteiger partial charge in [0.15, 0.2) is 0 Å². The highest BCUT2D eigenvalue weighted by Crippen LogP contribution is 2.38. The van der Waals surface area contributed by atoms with E-state index in [0.717, 1.165) is 34.9 Å². The maximum absolute atomic E-state index is 14.0. The number of hydrogen-bond donors (Lipinski definition) is 1. The van der Waals surface area contributed by atoms with Crippen molar-refractivity contribution in [2.75, 3.05) is 5.75 Å². The summed E-state index contributed by atoms with van der Waals surface area (Å²) in [6, 6.07) is 4.94. The van der Waals surface area contributed by atoms with Gasteiger partial charge in [0.1, 0.15) is 10.7 Å². The molecule has 0 saturated heterocycles. The molecule has 0 radical (unpaired) electrons. The van der Waals surface area contributed by atoms with E-state index >= 15 is 0 Å². The van der Waals surface area contributed by atoms with Crippen LogP contribution in [0.25, 0.3) is 0 Å². The zero-order valence-corrected chi connectivity index (χ0v) is 15.7. The molecule has 1 unspecified atom stereocenters. The van der Waals surface area contributed by atoms with Crippen LogP contribution >= 0.6 is 23.1 Å². The molecule has 2 aromatic rings. The van der Waals surface area contributed by atoms with Crippen molar-refractivity contribution in [1.82, 2.24) is 10.3 Å². The molecule has 2 heterocycles. The van der Waals surface area contributed by atoms with Crippen molar-refractivity contribution in [2.24, 2.45) is 5.92 Å². The summed E-state index contributed by atoms with van der Waals surface area (Å²) in [5.41, 5.74) is 1.65. The normalized spacial score (nSPS) is 17.0. The first-order valence-corrected chi connectivity index (χ1v) is 9.94. The third-order valence-electron chi connectivity index (χ3n) is 3.96. The first-order valence-electron chi connectivity index (χ1n) is 8.14. The second kappa shape index (κ2) is 7.23. The number of amides is 1. The Balaban J connectivity index is 1.79. The molecule has 0 aliphatic carbocycles. The summed E-state index contributed by atoms with van der Waals surface area (Å²) >= 11 is 2.99. The van der Waals surface area contributed by atoms with Gasteiger partial charge in [-0.25, -0.2) is 9.37 Å². The highest BCUT2D eigenvalue weighted by Gasteiger charge is 2.26. The van der Waals surface area contributed by atoms with Crippen LogP contribution in [0.1, 0.15) is 52.2 Å². The van der Waals surface area contributed by atoms with Crippen molar-refractivity contribution < 1.29 is 9.18 Å². The minimum Gasteiger partial charge on any atom is -0.344 e. The molecule has 1 aliphatic rings. The van der Waals surface area contributed by atoms with E-state index in [2.05, 4.69) is 24.1 Å². The molecule has 24 heavy (non-hydrogen) atoms. The highest BCUT2D eigenvalue weighted by atomic mass is 32.2. The van der Waals surface area contributed by atoms with Crippen LogP contribution in [-0.2, 0) is 6.42 Å². The summed E-state index contributed by atoms with van der Waals surface area (Å²) < 4.78 is 14.0. The molecule has 1 amide bonds. The lowest BCUT2D eigenvalue weighted by atomic mass is 10.0. The third-order valence-corrected chi connectivity index (χ3v) is 6.30. The number of nitrogens with zero attached hydrogens (tertiary/aromatic N) is 1. The third kappa shape index (κ3) is 3.64. The van der Waals surface area contributed by atoms with Crippen LogP contribution in [0.2, 0.25) is 0 Å². The maximum atomic E-state index is 14.0. The SMILES string of the molecule is Cc1nc(CC(C)C)sc1C(=O)NC1CCSc2c(F)cccc21. The Kier molecular flexibility index (Phi) is 5.25. The molecule has 6 heteroatoms. The summed E-state index contributed by atoms with van der Waals surface area (Å²) in [7, 11) is 0. The van der Waals surface area contributed by atoms with Crippen molar-refractivity contribution in [3.63, 3.8) is 0 Å². The molecule has 1 aromatic carbocycles. The van der Waals surface area contributed by atoms with Crippen molar-refractivity contribution in [3.8, 4) is 0 Å². The topological polar surface area (TPSA) is 42.0 Å². The first kappa shape index (κ1) is 17.4. The molecule has 1 aromatic heterocycles. The molecule has 3 nitrogen and oxygen atoms in total. The van der Waals surface area contributed by atoms with Gasteiger partial charge in [0.2, 0.25) is 0 Å². The van der Waals surface area contributed by atoms with Gasteiger partial charge in [-0.3, -0.25) is 4.79 Å². The summed E-state index contributed by atoms with van der Waals surface area (Å²) in [6.45, 7) is 6.16. The molecule has 0 fully saturated rings. The van der Waals surface area contributed by atoms with E-state index in [0.29, 0.717) is 15.7 Å². The summed E-state index contributed by atoms with van der Waals surface area (Å²) in [5.74, 6) is 1.01. The van der Waals surface area contributed by atoms with Crippen LogP contribution in [0.4, 0.5) is 4.39 Å². The number of thiazole rings is 1. The lowest BCUT2D eigenvalue weighted by Gasteiger charge is -2.26. The Labute approximate surface area is 150 Å². The summed E-state index contributed by atoms with van der Waals surface area (Å²) in [5, 5.41) is 4.08. The van der Waals surface area contributed by atoms with Crippen molar-refractivity contribution in [3.05, 3.63) is 45.2 Å². The van der Waals surface area contributed by atoms with Gasteiger partial charge in [0, 0.05) is 17.1 Å². The smallest absolute Gasteiger partial charge is 0.263 e. The quantitative estimate of drug-likeness (QED) is 0.851. The number of benzene rings is 1. The Morgan fingerprint density at radius 3 is 3.00 bits per heavy atom. The van der Waals surface area contributed by atoms with E-state index in [-0.39, 0.29) is 17.8 Å². The molecule has 0 bridgehead atoms. The lowest BCUT2D eigenvalue weighted by molar-refractivity contribution is 0.0938. The number of halogens is 1. The monoisotopic (exact) mass is 364 g/mol. The largest absolute Gasteiger partial charge is 0.344 e. The maximum Gasteiger partial charge on any atom is 0.263 e. The van der Waals surface area contributed by atoms with Gasteiger partial charge in [-0.05, 0) is 30.9 Å². The van der Waals surface area contributed by atoms with Crippen molar-refractivity contribution in [1.29, 1.82) is 0 Å². The van der Waals surface area contributed by atoms with Gasteiger partial charge >= 0.3 is 0 Å². The fourth-order valence-corrected chi connectivity index (χ4v) is 5.18. The van der Waals surface area contributed by atoms with Crippen LogP contribution < -0.4 is 5.32 Å². The molecule has 1 atom stereocenters. The standard InChI is InChI=1S/C18H21FN2OS2/c1-10(2)9-15-20-11(3)16(24-15)18(22)21-14-7-8-23-17-12(14)5-4-6-13(17)19/h4-6,10,14H,7-9H2,1-3H3,(H,21,22). The fourth-order valence-electron chi connectivity index (χ4n) is 2.86. The molecule has 1 aliphatic heterocycles. The Bertz CT molecular complexity index is 757. The number of fused-ring (bicyclic) bond motifs is 1. The highest BCUT2D eigenvalue weighted by molar-refractivity contribution is 7.99. The van der Waals surface area contributed by atoms with Gasteiger partial charge in [-0.2, -0.15) is 0 Å². The number of carbonyl (C=O) groups is 1. The van der Waals surface area contributed by atoms with E-state index in [1.807, 2.05) is 13.0 Å². The van der Waals surface area contributed by atoms with Crippen LogP contribution in [0.3, 0.4) is 0 Å². The van der Waals surface area contributed by atoms with E-state index in [1.165, 1.54) is 29.2 Å². The molecule has 0 saturated carbocycles. The van der Waals surface area contributed by atoms with Crippen molar-refractivity contribution >= 4 is 29.0 Å². The summed E-state index contributed by atoms with van der Waals surface area (Å²) in [4.78, 5) is 18.5. The Morgan fingerprint density at radius 1 is 1.46 bits per heavy atom. The van der Waals surface area contributed by atoms with Gasteiger partial charge in [-0.1, -0.05) is 26.0 Å². The second-order valence-corrected chi connectivity index (χ2v) is 8.63. The molecule has 0 spiro atoms. The van der Waals surface area contributed by atoms with Gasteiger partial charge < -0.3 is 5.32 Å². The fraction of sp³-hybridized carbons (Fsp3) is 0.444. The number of carbonyl (C=O) groups excluding carboxylic acids is 1. The van der Waals surface area contributed by atoms with Crippen molar-refractivity contribution in [2.45, 2.75) is 44.6 Å². The zero-order chi connectivity index (χ0) is 17.3. The number of aromatic nitrogens is 1. The number of aryl methyl sites for hydroxylation is 1. The van der Waals surface area contributed by atoms with Crippen LogP contribution in [0, 0.1) is 18.7 Å². The predicted molar refractivity (Wildman–Crippen MR) is 97.3 cm³/mol. The molecule has 3 rings (SSSR count). The predicted octanol–water partition coefficient (Wildman–Crippen LogP) is 4.76. The van der Waals surface area contributed by atoms with Crippen LogP contribution in [0.15, 0.2) is 23.1 Å². The van der Waals surface area contributed by atoms with E-state index in [4.69, 9.17) is 0 Å². The minimum atomic E-state index is -0.204. The summed E-state index contributed by atoms with van der Waals surface area (Å²) in [6.07, 6.45) is 1.69. The van der Waals surface area contributed by atoms with Crippen LogP contribution in [0.5, 0.6) is 0 Å². The Morgan fingerprint density at radius 2 is 2.25 bits per heavy atom. The number of rotatable bonds is 4. The average Bonchev–Trinajstić information content (AvgIpc) is 2.88. The minimum absolute atomic E-state index is 0.105. The van der Waals surface area contributed by atoms with E-state index in [9.17, 15) is 9.18 Å². The van der Waals surface area contributed by atoms with Gasteiger partial charge in [0.25, 0.3) is 5.91 Å². The molecule has 128 valence electrons. The van der Waals surface area contributed by atoms with E-state index < -0.39 is 0 Å². The number of nitrogens with one attached hydrogen (secondary N) is 1. The second-order valence-electron chi connectivity index (χ2n) is 6.44. The number of hydrogen-bond acceptors (Lipinski definition) is 4. The molecule has 1 N–H and O–H groups in total. The molecular weight excluding hydrogens is 343 g/mol. The zero-order valence-electron chi connectivity index (χ0n) is 14.1. The lowest BCUT2D eigenvalue weighted by Crippen LogP contribution is -2.30. The van der Waals surface area contributed by atoms with E-state index in [1.54, 1.807) is 6.07 Å².